The van der Waals surface area contributed by atoms with Gasteiger partial charge < -0.3 is 37.7 Å². The average Bonchev–Trinajstić information content (AvgIpc) is 3.78. The van der Waals surface area contributed by atoms with Crippen molar-refractivity contribution in [2.45, 2.75) is 174 Å². The number of amides is 1. The smallest absolute Gasteiger partial charge is 0.248 e. The van der Waals surface area contributed by atoms with Gasteiger partial charge in [0.2, 0.25) is 5.91 Å². The van der Waals surface area contributed by atoms with Crippen LogP contribution >= 0.6 is 0 Å². The predicted molar refractivity (Wildman–Crippen MR) is 237 cm³/mol. The van der Waals surface area contributed by atoms with Gasteiger partial charge >= 0.3 is 0 Å². The number of carbonyl (C=O) groups is 1. The van der Waals surface area contributed by atoms with Crippen LogP contribution in [0.4, 0.5) is 0 Å². The number of epoxide rings is 1. The Hall–Kier alpha value is -1.18. The topological polar surface area (TPSA) is 129 Å². The molecule has 1 amide bonds. The molecule has 1 heterocycles. The van der Waals surface area contributed by atoms with E-state index < -0.39 is 66.6 Å². The van der Waals surface area contributed by atoms with E-state index in [0.717, 1.165) is 16.4 Å². The Morgan fingerprint density at radius 3 is 1.72 bits per heavy atom. The van der Waals surface area contributed by atoms with Crippen molar-refractivity contribution in [3.05, 3.63) is 29.8 Å². The third kappa shape index (κ3) is 13.7. The van der Waals surface area contributed by atoms with Gasteiger partial charge in [-0.05, 0) is 79.0 Å². The first-order valence-electron chi connectivity index (χ1n) is 20.8. The molecule has 0 spiro atoms. The highest BCUT2D eigenvalue weighted by Gasteiger charge is 2.65. The Morgan fingerprint density at radius 1 is 0.807 bits per heavy atom. The minimum atomic E-state index is -2.52. The molecule has 0 saturated carbocycles. The second-order valence-electron chi connectivity index (χ2n) is 21.2. The van der Waals surface area contributed by atoms with Crippen molar-refractivity contribution in [1.82, 2.24) is 5.06 Å². The summed E-state index contributed by atoms with van der Waals surface area (Å²) in [4.78, 5) is 18.4. The Kier molecular flexibility index (Phi) is 17.9. The van der Waals surface area contributed by atoms with Crippen LogP contribution in [0.2, 0.25) is 54.4 Å². The zero-order valence-corrected chi connectivity index (χ0v) is 42.5. The van der Waals surface area contributed by atoms with E-state index in [1.165, 1.54) is 14.2 Å². The van der Waals surface area contributed by atoms with Gasteiger partial charge in [0.25, 0.3) is 0 Å². The van der Waals surface area contributed by atoms with Crippen molar-refractivity contribution in [3.63, 3.8) is 0 Å². The minimum Gasteiger partial charge on any atom is -0.497 e. The first-order valence-corrected chi connectivity index (χ1v) is 29.5. The molecule has 11 nitrogen and oxygen atoms in total. The summed E-state index contributed by atoms with van der Waals surface area (Å²) >= 11 is 0. The van der Waals surface area contributed by atoms with E-state index in [2.05, 4.69) is 115 Å². The molecular formula is C43H83NO10Si3. The first kappa shape index (κ1) is 52.0. The summed E-state index contributed by atoms with van der Waals surface area (Å²) in [5.74, 6) is -1.10. The molecule has 0 radical (unpaired) electrons. The number of benzene rings is 1. The molecule has 1 aliphatic rings. The molecule has 0 aromatic heterocycles. The van der Waals surface area contributed by atoms with Gasteiger partial charge in [-0.3, -0.25) is 9.63 Å². The standard InChI is InChI=1S/C43H83NO10Si3/c1-30(26-50-27-31-21-23-32(48-13)24-22-31)38-43(11,53-38)39(54-57(19,20)42(8,9)10)34(29-52-56(17,18)41(5,6)7)37(47)33(28-51-55(15,16)40(2,3)4)35(45)25-36(46)44(12)49-14/h21-24,30,33-35,37-39,45,47H,25-29H2,1-20H3/t30-,33-,34-,35+,37-,38+,39-,43+/m0/s1. The number of hydrogen-bond acceptors (Lipinski definition) is 10. The number of hydroxylamine groups is 2. The number of carbonyl (C=O) groups excluding carboxylic acids is 1. The molecular weight excluding hydrogens is 775 g/mol. The molecule has 1 saturated heterocycles. The van der Waals surface area contributed by atoms with Crippen molar-refractivity contribution in [2.24, 2.45) is 17.8 Å². The molecule has 14 heteroatoms. The van der Waals surface area contributed by atoms with Gasteiger partial charge in [-0.2, -0.15) is 0 Å². The van der Waals surface area contributed by atoms with Gasteiger partial charge in [0.05, 0.1) is 58.3 Å². The Balaban J connectivity index is 2.68. The zero-order valence-electron chi connectivity index (χ0n) is 39.5. The van der Waals surface area contributed by atoms with Crippen LogP contribution in [0.25, 0.3) is 0 Å². The monoisotopic (exact) mass is 858 g/mol. The third-order valence-corrected chi connectivity index (χ3v) is 27.1. The van der Waals surface area contributed by atoms with Gasteiger partial charge in [0.1, 0.15) is 11.4 Å². The fourth-order valence-corrected chi connectivity index (χ4v) is 9.65. The number of methoxy groups -OCH3 is 1. The Bertz CT molecular complexity index is 1410. The van der Waals surface area contributed by atoms with Crippen LogP contribution in [0, 0.1) is 17.8 Å². The van der Waals surface area contributed by atoms with Crippen molar-refractivity contribution >= 4 is 30.9 Å². The minimum absolute atomic E-state index is 0.00312. The maximum Gasteiger partial charge on any atom is 0.248 e. The fourth-order valence-electron chi connectivity index (χ4n) is 6.17. The number of aliphatic hydroxyl groups is 2. The molecule has 1 fully saturated rings. The number of aliphatic hydroxyl groups excluding tert-OH is 2. The summed E-state index contributed by atoms with van der Waals surface area (Å²) in [6.45, 7) is 38.2. The lowest BCUT2D eigenvalue weighted by molar-refractivity contribution is -0.173. The molecule has 1 aromatic rings. The molecule has 57 heavy (non-hydrogen) atoms. The summed E-state index contributed by atoms with van der Waals surface area (Å²) in [7, 11) is -2.66. The summed E-state index contributed by atoms with van der Waals surface area (Å²) < 4.78 is 39.5. The summed E-state index contributed by atoms with van der Waals surface area (Å²) in [6.07, 6.45) is -3.53. The number of rotatable bonds is 22. The van der Waals surface area contributed by atoms with E-state index in [1.807, 2.05) is 24.3 Å². The molecule has 0 aliphatic carbocycles. The Morgan fingerprint density at radius 2 is 1.28 bits per heavy atom. The van der Waals surface area contributed by atoms with E-state index in [1.54, 1.807) is 7.11 Å². The normalized spacial score (nSPS) is 21.7. The molecule has 1 aromatic carbocycles. The molecule has 0 unspecified atom stereocenters. The van der Waals surface area contributed by atoms with Crippen molar-refractivity contribution in [3.8, 4) is 5.75 Å². The first-order chi connectivity index (χ1) is 25.8. The fraction of sp³-hybridized carbons (Fsp3) is 0.837. The van der Waals surface area contributed by atoms with Gasteiger partial charge in [-0.1, -0.05) is 81.4 Å². The van der Waals surface area contributed by atoms with E-state index >= 15 is 0 Å². The summed E-state index contributed by atoms with van der Waals surface area (Å²) in [5.41, 5.74) is 0.246. The molecule has 8 atom stereocenters. The van der Waals surface area contributed by atoms with Crippen LogP contribution in [0.5, 0.6) is 5.75 Å². The second-order valence-corrected chi connectivity index (χ2v) is 35.5. The van der Waals surface area contributed by atoms with Crippen molar-refractivity contribution in [2.75, 3.05) is 41.1 Å². The highest BCUT2D eigenvalue weighted by atomic mass is 28.4. The predicted octanol–water partition coefficient (Wildman–Crippen LogP) is 8.80. The van der Waals surface area contributed by atoms with Crippen LogP contribution in [0.15, 0.2) is 24.3 Å². The lowest BCUT2D eigenvalue weighted by Crippen LogP contribution is -2.58. The molecule has 2 N–H and O–H groups in total. The highest BCUT2D eigenvalue weighted by molar-refractivity contribution is 6.75. The van der Waals surface area contributed by atoms with Crippen molar-refractivity contribution in [1.29, 1.82) is 0 Å². The van der Waals surface area contributed by atoms with E-state index in [4.69, 9.17) is 32.3 Å². The van der Waals surface area contributed by atoms with Gasteiger partial charge in [-0.15, -0.1) is 0 Å². The van der Waals surface area contributed by atoms with Crippen LogP contribution < -0.4 is 4.74 Å². The number of nitrogens with zero attached hydrogens (tertiary/aromatic N) is 1. The van der Waals surface area contributed by atoms with E-state index in [0.29, 0.717) is 13.2 Å². The molecule has 1 aliphatic heterocycles. The highest BCUT2D eigenvalue weighted by Crippen LogP contribution is 2.52. The van der Waals surface area contributed by atoms with Crippen LogP contribution in [-0.4, -0.2) is 117 Å². The average molecular weight is 858 g/mol. The molecule has 0 bridgehead atoms. The summed E-state index contributed by atoms with van der Waals surface area (Å²) in [6, 6.07) is 7.85. The maximum absolute atomic E-state index is 13.2. The number of hydrogen-bond donors (Lipinski definition) is 2. The van der Waals surface area contributed by atoms with Crippen LogP contribution in [0.3, 0.4) is 0 Å². The lowest BCUT2D eigenvalue weighted by atomic mass is 9.78. The second kappa shape index (κ2) is 19.7. The third-order valence-electron chi connectivity index (χ3n) is 13.7. The summed E-state index contributed by atoms with van der Waals surface area (Å²) in [5, 5.41) is 25.6. The van der Waals surface area contributed by atoms with Gasteiger partial charge in [0, 0.05) is 38.0 Å². The van der Waals surface area contributed by atoms with E-state index in [-0.39, 0.29) is 46.8 Å². The largest absolute Gasteiger partial charge is 0.497 e. The van der Waals surface area contributed by atoms with Crippen LogP contribution in [0.1, 0.15) is 88.1 Å². The SMILES string of the molecule is COc1ccc(COC[C@H](C)[C@H]2O[C@@]2(C)[C@@H](O[Si](C)(C)C(C)(C)C)[C@@H](CO[Si](C)(C)C(C)(C)C)[C@@H](O)[C@@H](CO[Si](C)(C)C(C)(C)C)[C@H](O)CC(=O)N(C)OC)cc1. The van der Waals surface area contributed by atoms with E-state index in [9.17, 15) is 15.0 Å². The Labute approximate surface area is 350 Å². The maximum atomic E-state index is 13.2. The lowest BCUT2D eigenvalue weighted by Gasteiger charge is -2.47. The zero-order chi connectivity index (χ0) is 44.2. The number of ether oxygens (including phenoxy) is 3. The van der Waals surface area contributed by atoms with Gasteiger partial charge in [-0.25, -0.2) is 5.06 Å². The molecule has 2 rings (SSSR count). The quantitative estimate of drug-likeness (QED) is 0.0664. The van der Waals surface area contributed by atoms with Crippen LogP contribution in [-0.2, 0) is 39.0 Å². The molecule has 332 valence electrons. The van der Waals surface area contributed by atoms with Crippen molar-refractivity contribution < 1.29 is 47.3 Å². The van der Waals surface area contributed by atoms with Gasteiger partial charge in [0.15, 0.2) is 25.0 Å².